The van der Waals surface area contributed by atoms with Crippen LogP contribution in [0.5, 0.6) is 0 Å². The van der Waals surface area contributed by atoms with Crippen LogP contribution in [0.3, 0.4) is 0 Å². The van der Waals surface area contributed by atoms with Gasteiger partial charge in [-0.25, -0.2) is 5.48 Å². The molecule has 0 rings (SSSR count). The highest BCUT2D eigenvalue weighted by Gasteiger charge is 1.85. The van der Waals surface area contributed by atoms with Gasteiger partial charge < -0.3 is 4.84 Å². The third-order valence-electron chi connectivity index (χ3n) is 0.463. The average molecular weight is 103 g/mol. The summed E-state index contributed by atoms with van der Waals surface area (Å²) < 4.78 is 0. The van der Waals surface area contributed by atoms with Crippen molar-refractivity contribution in [2.24, 2.45) is 0 Å². The van der Waals surface area contributed by atoms with E-state index in [0.717, 1.165) is 6.61 Å². The standard InChI is InChI=1S/C5H13NO/c1-4-7-6-5(2)3/h5-6H,4H2,1-3H3. The maximum Gasteiger partial charge on any atom is 0.0654 e. The summed E-state index contributed by atoms with van der Waals surface area (Å²) in [4.78, 5) is 4.84. The van der Waals surface area contributed by atoms with Crippen molar-refractivity contribution in [3.05, 3.63) is 0 Å². The summed E-state index contributed by atoms with van der Waals surface area (Å²) in [7, 11) is 0. The Morgan fingerprint density at radius 3 is 2.29 bits per heavy atom. The van der Waals surface area contributed by atoms with Crippen LogP contribution in [-0.4, -0.2) is 12.6 Å². The quantitative estimate of drug-likeness (QED) is 0.537. The van der Waals surface area contributed by atoms with E-state index >= 15 is 0 Å². The molecule has 2 heteroatoms. The van der Waals surface area contributed by atoms with Gasteiger partial charge in [-0.1, -0.05) is 0 Å². The summed E-state index contributed by atoms with van der Waals surface area (Å²) in [5.41, 5.74) is 2.80. The zero-order chi connectivity index (χ0) is 5.70. The highest BCUT2D eigenvalue weighted by atomic mass is 16.6. The number of rotatable bonds is 3. The molecule has 0 unspecified atom stereocenters. The summed E-state index contributed by atoms with van der Waals surface area (Å²) >= 11 is 0. The highest BCUT2D eigenvalue weighted by molar-refractivity contribution is 4.37. The Morgan fingerprint density at radius 1 is 1.57 bits per heavy atom. The van der Waals surface area contributed by atoms with Crippen LogP contribution in [-0.2, 0) is 4.84 Å². The molecule has 0 aromatic heterocycles. The minimum Gasteiger partial charge on any atom is -0.302 e. The van der Waals surface area contributed by atoms with Crippen LogP contribution >= 0.6 is 0 Å². The summed E-state index contributed by atoms with van der Waals surface area (Å²) in [6, 6.07) is 0.431. The Balaban J connectivity index is 2.68. The van der Waals surface area contributed by atoms with E-state index in [1.807, 2.05) is 20.8 Å². The molecule has 0 fully saturated rings. The lowest BCUT2D eigenvalue weighted by atomic mass is 10.4. The SMILES string of the molecule is CCONC(C)C. The molecule has 0 aliphatic rings. The summed E-state index contributed by atoms with van der Waals surface area (Å²) in [6.07, 6.45) is 0. The normalized spacial score (nSPS) is 10.3. The number of hydroxylamine groups is 1. The molecular weight excluding hydrogens is 90.1 g/mol. The maximum atomic E-state index is 4.84. The van der Waals surface area contributed by atoms with Crippen LogP contribution in [0.4, 0.5) is 0 Å². The Morgan fingerprint density at radius 2 is 2.14 bits per heavy atom. The van der Waals surface area contributed by atoms with Crippen LogP contribution in [0, 0.1) is 0 Å². The molecule has 0 bridgehead atoms. The Hall–Kier alpha value is -0.0800. The van der Waals surface area contributed by atoms with E-state index in [2.05, 4.69) is 5.48 Å². The van der Waals surface area contributed by atoms with Crippen LogP contribution in [0.2, 0.25) is 0 Å². The molecule has 0 heterocycles. The van der Waals surface area contributed by atoms with Gasteiger partial charge in [-0.15, -0.1) is 0 Å². The van der Waals surface area contributed by atoms with Crippen LogP contribution in [0.15, 0.2) is 0 Å². The van der Waals surface area contributed by atoms with E-state index in [1.165, 1.54) is 0 Å². The van der Waals surface area contributed by atoms with Crippen molar-refractivity contribution in [1.29, 1.82) is 0 Å². The van der Waals surface area contributed by atoms with E-state index in [-0.39, 0.29) is 0 Å². The monoisotopic (exact) mass is 103 g/mol. The molecule has 1 N–H and O–H groups in total. The first-order chi connectivity index (χ1) is 3.27. The first kappa shape index (κ1) is 6.92. The van der Waals surface area contributed by atoms with Crippen LogP contribution in [0.25, 0.3) is 0 Å². The van der Waals surface area contributed by atoms with Gasteiger partial charge in [-0.3, -0.25) is 0 Å². The van der Waals surface area contributed by atoms with E-state index in [1.54, 1.807) is 0 Å². The molecule has 0 aromatic rings. The van der Waals surface area contributed by atoms with Crippen LogP contribution < -0.4 is 5.48 Å². The van der Waals surface area contributed by atoms with Gasteiger partial charge in [0.1, 0.15) is 0 Å². The summed E-state index contributed by atoms with van der Waals surface area (Å²) in [5, 5.41) is 0. The van der Waals surface area contributed by atoms with Gasteiger partial charge >= 0.3 is 0 Å². The Kier molecular flexibility index (Phi) is 4.04. The first-order valence-electron chi connectivity index (χ1n) is 2.64. The predicted molar refractivity (Wildman–Crippen MR) is 29.9 cm³/mol. The van der Waals surface area contributed by atoms with E-state index in [9.17, 15) is 0 Å². The van der Waals surface area contributed by atoms with Gasteiger partial charge in [0.2, 0.25) is 0 Å². The lowest BCUT2D eigenvalue weighted by Gasteiger charge is -2.04. The number of nitrogens with one attached hydrogen (secondary N) is 1. The molecule has 0 aliphatic carbocycles. The molecule has 7 heavy (non-hydrogen) atoms. The van der Waals surface area contributed by atoms with Gasteiger partial charge in [-0.05, 0) is 20.8 Å². The molecule has 0 atom stereocenters. The summed E-state index contributed by atoms with van der Waals surface area (Å²) in [5.74, 6) is 0. The van der Waals surface area contributed by atoms with Crippen molar-refractivity contribution in [1.82, 2.24) is 5.48 Å². The molecule has 0 saturated carbocycles. The second-order valence-corrected chi connectivity index (χ2v) is 1.71. The average Bonchev–Trinajstić information content (AvgIpc) is 1.61. The second kappa shape index (κ2) is 4.09. The first-order valence-corrected chi connectivity index (χ1v) is 2.64. The van der Waals surface area contributed by atoms with Gasteiger partial charge in [-0.2, -0.15) is 0 Å². The largest absolute Gasteiger partial charge is 0.302 e. The fourth-order valence-corrected chi connectivity index (χ4v) is 0.250. The van der Waals surface area contributed by atoms with Gasteiger partial charge in [0.15, 0.2) is 0 Å². The molecule has 2 nitrogen and oxygen atoms in total. The van der Waals surface area contributed by atoms with Crippen molar-refractivity contribution in [2.45, 2.75) is 26.8 Å². The summed E-state index contributed by atoms with van der Waals surface area (Å²) in [6.45, 7) is 6.76. The third kappa shape index (κ3) is 5.92. The van der Waals surface area contributed by atoms with E-state index < -0.39 is 0 Å². The minimum atomic E-state index is 0.431. The zero-order valence-electron chi connectivity index (χ0n) is 5.19. The lowest BCUT2D eigenvalue weighted by molar-refractivity contribution is 0.0331. The molecule has 0 radical (unpaired) electrons. The third-order valence-corrected chi connectivity index (χ3v) is 0.463. The van der Waals surface area contributed by atoms with Gasteiger partial charge in [0.25, 0.3) is 0 Å². The molecule has 0 saturated heterocycles. The fourth-order valence-electron chi connectivity index (χ4n) is 0.250. The topological polar surface area (TPSA) is 21.3 Å². The maximum absolute atomic E-state index is 4.84. The molecule has 0 aromatic carbocycles. The molecule has 0 spiro atoms. The highest BCUT2D eigenvalue weighted by Crippen LogP contribution is 1.74. The lowest BCUT2D eigenvalue weighted by Crippen LogP contribution is -2.22. The molecule has 0 aliphatic heterocycles. The van der Waals surface area contributed by atoms with Gasteiger partial charge in [0.05, 0.1) is 6.61 Å². The van der Waals surface area contributed by atoms with Crippen molar-refractivity contribution >= 4 is 0 Å². The number of hydrogen-bond donors (Lipinski definition) is 1. The van der Waals surface area contributed by atoms with E-state index in [4.69, 9.17) is 4.84 Å². The zero-order valence-corrected chi connectivity index (χ0v) is 5.19. The minimum absolute atomic E-state index is 0.431. The molecular formula is C5H13NO. The fraction of sp³-hybridized carbons (Fsp3) is 1.00. The molecule has 0 amide bonds. The van der Waals surface area contributed by atoms with Crippen molar-refractivity contribution in [3.63, 3.8) is 0 Å². The van der Waals surface area contributed by atoms with Crippen molar-refractivity contribution in [3.8, 4) is 0 Å². The van der Waals surface area contributed by atoms with Gasteiger partial charge in [0, 0.05) is 6.04 Å². The predicted octanol–water partition coefficient (Wildman–Crippen LogP) is 0.936. The molecule has 44 valence electrons. The van der Waals surface area contributed by atoms with Crippen molar-refractivity contribution < 1.29 is 4.84 Å². The van der Waals surface area contributed by atoms with Crippen LogP contribution in [0.1, 0.15) is 20.8 Å². The Bertz CT molecular complexity index is 37.1. The number of hydrogen-bond acceptors (Lipinski definition) is 2. The van der Waals surface area contributed by atoms with Crippen molar-refractivity contribution in [2.75, 3.05) is 6.61 Å². The smallest absolute Gasteiger partial charge is 0.0654 e. The van der Waals surface area contributed by atoms with E-state index in [0.29, 0.717) is 6.04 Å². The second-order valence-electron chi connectivity index (χ2n) is 1.71. The Labute approximate surface area is 44.8 Å².